The van der Waals surface area contributed by atoms with E-state index in [0.717, 1.165) is 0 Å². The number of rotatable bonds is 2. The van der Waals surface area contributed by atoms with Gasteiger partial charge in [0.1, 0.15) is 0 Å². The Hall–Kier alpha value is -1.04. The van der Waals surface area contributed by atoms with Gasteiger partial charge < -0.3 is 11.5 Å². The molecule has 4 nitrogen and oxygen atoms in total. The molecule has 4 N–H and O–H groups in total. The summed E-state index contributed by atoms with van der Waals surface area (Å²) in [7, 11) is 0. The highest BCUT2D eigenvalue weighted by molar-refractivity contribution is 6.50. The minimum Gasteiger partial charge on any atom is -0.365 e. The first-order chi connectivity index (χ1) is 7.29. The van der Waals surface area contributed by atoms with Crippen molar-refractivity contribution >= 4 is 46.6 Å². The van der Waals surface area contributed by atoms with Crippen molar-refractivity contribution in [2.75, 3.05) is 0 Å². The molecule has 1 aromatic rings. The highest BCUT2D eigenvalue weighted by Crippen LogP contribution is 2.37. The number of benzene rings is 1. The summed E-state index contributed by atoms with van der Waals surface area (Å²) in [5.74, 6) is -3.63. The third kappa shape index (κ3) is 1.93. The van der Waals surface area contributed by atoms with Gasteiger partial charge in [0.15, 0.2) is 5.82 Å². The first kappa shape index (κ1) is 13.0. The summed E-state index contributed by atoms with van der Waals surface area (Å²) < 4.78 is 13.6. The molecule has 2 amide bonds. The van der Waals surface area contributed by atoms with E-state index in [2.05, 4.69) is 0 Å². The van der Waals surface area contributed by atoms with Gasteiger partial charge in [-0.05, 0) is 0 Å². The van der Waals surface area contributed by atoms with Crippen molar-refractivity contribution in [2.45, 2.75) is 0 Å². The molecule has 1 aromatic carbocycles. The van der Waals surface area contributed by atoms with Crippen molar-refractivity contribution in [2.24, 2.45) is 11.5 Å². The number of carbonyl (C=O) groups is 2. The first-order valence-corrected chi connectivity index (χ1v) is 4.88. The fraction of sp³-hybridized carbons (Fsp3) is 0. The Kier molecular flexibility index (Phi) is 3.62. The van der Waals surface area contributed by atoms with Crippen LogP contribution in [0.25, 0.3) is 0 Å². The average molecular weight is 285 g/mol. The van der Waals surface area contributed by atoms with Gasteiger partial charge in [0.05, 0.1) is 26.2 Å². The van der Waals surface area contributed by atoms with Gasteiger partial charge in [-0.15, -0.1) is 0 Å². The van der Waals surface area contributed by atoms with Crippen LogP contribution in [0.2, 0.25) is 15.1 Å². The van der Waals surface area contributed by atoms with Crippen LogP contribution in [0.5, 0.6) is 0 Å². The standard InChI is InChI=1S/C8H4Cl3FN2O2/c9-3-1(7(13)15)6(12)2(8(14)16)4(10)5(3)11/h(H2,13,15)(H2,14,16). The van der Waals surface area contributed by atoms with Crippen LogP contribution in [0.3, 0.4) is 0 Å². The van der Waals surface area contributed by atoms with Crippen molar-refractivity contribution < 1.29 is 14.0 Å². The molecule has 0 bridgehead atoms. The molecule has 86 valence electrons. The monoisotopic (exact) mass is 284 g/mol. The molecule has 0 spiro atoms. The number of hydrogen-bond acceptors (Lipinski definition) is 2. The van der Waals surface area contributed by atoms with E-state index in [9.17, 15) is 14.0 Å². The van der Waals surface area contributed by atoms with E-state index >= 15 is 0 Å². The Morgan fingerprint density at radius 3 is 1.44 bits per heavy atom. The summed E-state index contributed by atoms with van der Waals surface area (Å²) in [4.78, 5) is 21.8. The van der Waals surface area contributed by atoms with Gasteiger partial charge >= 0.3 is 0 Å². The van der Waals surface area contributed by atoms with Crippen LogP contribution in [0.1, 0.15) is 20.7 Å². The molecule has 0 aliphatic heterocycles. The molecule has 0 aromatic heterocycles. The molecule has 0 radical (unpaired) electrons. The zero-order chi connectivity index (χ0) is 12.6. The fourth-order valence-electron chi connectivity index (χ4n) is 1.07. The van der Waals surface area contributed by atoms with Crippen LogP contribution in [-0.2, 0) is 0 Å². The normalized spacial score (nSPS) is 10.2. The van der Waals surface area contributed by atoms with Crippen molar-refractivity contribution in [1.82, 2.24) is 0 Å². The van der Waals surface area contributed by atoms with Gasteiger partial charge in [-0.2, -0.15) is 0 Å². The topological polar surface area (TPSA) is 86.2 Å². The predicted octanol–water partition coefficient (Wildman–Crippen LogP) is 1.98. The summed E-state index contributed by atoms with van der Waals surface area (Å²) in [6, 6.07) is 0. The molecule has 0 aliphatic carbocycles. The number of carbonyl (C=O) groups excluding carboxylic acids is 2. The SMILES string of the molecule is NC(=O)c1c(F)c(C(N)=O)c(Cl)c(Cl)c1Cl. The smallest absolute Gasteiger partial charge is 0.253 e. The molecule has 0 fully saturated rings. The quantitative estimate of drug-likeness (QED) is 0.643. The molecule has 8 heteroatoms. The summed E-state index contributed by atoms with van der Waals surface area (Å²) >= 11 is 16.7. The van der Waals surface area contributed by atoms with E-state index in [1.807, 2.05) is 0 Å². The van der Waals surface area contributed by atoms with Crippen LogP contribution in [0.4, 0.5) is 4.39 Å². The zero-order valence-corrected chi connectivity index (χ0v) is 9.75. The molecule has 0 saturated carbocycles. The van der Waals surface area contributed by atoms with Gasteiger partial charge in [-0.1, -0.05) is 34.8 Å². The molecular formula is C8H4Cl3FN2O2. The number of primary amides is 2. The summed E-state index contributed by atoms with van der Waals surface area (Å²) in [5, 5.41) is -1.27. The Balaban J connectivity index is 3.80. The number of nitrogens with two attached hydrogens (primary N) is 2. The number of halogens is 4. The van der Waals surface area contributed by atoms with Gasteiger partial charge in [0, 0.05) is 0 Å². The molecule has 1 rings (SSSR count). The maximum Gasteiger partial charge on any atom is 0.253 e. The molecule has 0 atom stereocenters. The van der Waals surface area contributed by atoms with Gasteiger partial charge in [-0.3, -0.25) is 9.59 Å². The van der Waals surface area contributed by atoms with E-state index in [4.69, 9.17) is 46.3 Å². The molecule has 0 unspecified atom stereocenters. The van der Waals surface area contributed by atoms with Crippen molar-refractivity contribution in [3.8, 4) is 0 Å². The number of amides is 2. The highest BCUT2D eigenvalue weighted by Gasteiger charge is 2.27. The van der Waals surface area contributed by atoms with Crippen LogP contribution in [-0.4, -0.2) is 11.8 Å². The van der Waals surface area contributed by atoms with Crippen molar-refractivity contribution in [3.63, 3.8) is 0 Å². The zero-order valence-electron chi connectivity index (χ0n) is 7.48. The van der Waals surface area contributed by atoms with Crippen molar-refractivity contribution in [1.29, 1.82) is 0 Å². The maximum atomic E-state index is 13.6. The van der Waals surface area contributed by atoms with E-state index in [1.54, 1.807) is 0 Å². The first-order valence-electron chi connectivity index (χ1n) is 3.74. The lowest BCUT2D eigenvalue weighted by Crippen LogP contribution is -2.20. The second-order valence-corrected chi connectivity index (χ2v) is 3.87. The summed E-state index contributed by atoms with van der Waals surface area (Å²) in [5.41, 5.74) is 8.34. The van der Waals surface area contributed by atoms with E-state index in [-0.39, 0.29) is 5.02 Å². The Bertz CT molecular complexity index is 464. The maximum absolute atomic E-state index is 13.6. The van der Waals surface area contributed by atoms with Crippen LogP contribution >= 0.6 is 34.8 Å². The van der Waals surface area contributed by atoms with E-state index in [0.29, 0.717) is 0 Å². The predicted molar refractivity (Wildman–Crippen MR) is 58.5 cm³/mol. The Labute approximate surface area is 104 Å². The highest BCUT2D eigenvalue weighted by atomic mass is 35.5. The summed E-state index contributed by atoms with van der Waals surface area (Å²) in [6.45, 7) is 0. The van der Waals surface area contributed by atoms with Gasteiger partial charge in [0.2, 0.25) is 0 Å². The van der Waals surface area contributed by atoms with E-state index < -0.39 is 38.8 Å². The van der Waals surface area contributed by atoms with Crippen LogP contribution < -0.4 is 11.5 Å². The average Bonchev–Trinajstić information content (AvgIpc) is 2.13. The largest absolute Gasteiger partial charge is 0.365 e. The molecule has 0 heterocycles. The molecular weight excluding hydrogens is 281 g/mol. The van der Waals surface area contributed by atoms with Crippen LogP contribution in [0.15, 0.2) is 0 Å². The molecule has 0 saturated heterocycles. The third-order valence-corrected chi connectivity index (χ3v) is 3.08. The fourth-order valence-corrected chi connectivity index (χ4v) is 1.84. The minimum absolute atomic E-state index is 0.354. The third-order valence-electron chi connectivity index (χ3n) is 1.76. The molecule has 16 heavy (non-hydrogen) atoms. The minimum atomic E-state index is -1.28. The second kappa shape index (κ2) is 4.45. The second-order valence-electron chi connectivity index (χ2n) is 2.73. The summed E-state index contributed by atoms with van der Waals surface area (Å²) in [6.07, 6.45) is 0. The lowest BCUT2D eigenvalue weighted by atomic mass is 10.1. The van der Waals surface area contributed by atoms with E-state index in [1.165, 1.54) is 0 Å². The van der Waals surface area contributed by atoms with Gasteiger partial charge in [0.25, 0.3) is 11.8 Å². The Morgan fingerprint density at radius 1 is 0.875 bits per heavy atom. The lowest BCUT2D eigenvalue weighted by molar-refractivity contribution is 0.0994. The Morgan fingerprint density at radius 2 is 1.19 bits per heavy atom. The number of hydrogen-bond donors (Lipinski definition) is 2. The lowest BCUT2D eigenvalue weighted by Gasteiger charge is -2.10. The van der Waals surface area contributed by atoms with Crippen molar-refractivity contribution in [3.05, 3.63) is 32.0 Å². The van der Waals surface area contributed by atoms with Gasteiger partial charge in [-0.25, -0.2) is 4.39 Å². The van der Waals surface area contributed by atoms with Crippen LogP contribution in [0, 0.1) is 5.82 Å². The molecule has 0 aliphatic rings.